The van der Waals surface area contributed by atoms with Crippen molar-refractivity contribution in [2.45, 2.75) is 31.8 Å². The zero-order valence-corrected chi connectivity index (χ0v) is 13.4. The molecule has 0 saturated heterocycles. The Balaban J connectivity index is 1.98. The van der Waals surface area contributed by atoms with Crippen molar-refractivity contribution < 1.29 is 0 Å². The van der Waals surface area contributed by atoms with Crippen LogP contribution in [-0.4, -0.2) is 24.5 Å². The molecule has 0 amide bonds. The van der Waals surface area contributed by atoms with E-state index in [2.05, 4.69) is 67.6 Å². The highest BCUT2D eigenvalue weighted by atomic mass is 32.1. The summed E-state index contributed by atoms with van der Waals surface area (Å²) in [6, 6.07) is 15.2. The Kier molecular flexibility index (Phi) is 4.97. The Bertz CT molecular complexity index is 505. The molecular weight excluding hydrogens is 264 g/mol. The van der Waals surface area contributed by atoms with E-state index in [0.717, 1.165) is 13.0 Å². The fourth-order valence-corrected chi connectivity index (χ4v) is 3.29. The van der Waals surface area contributed by atoms with Crippen molar-refractivity contribution in [2.75, 3.05) is 13.6 Å². The van der Waals surface area contributed by atoms with Crippen LogP contribution in [0.25, 0.3) is 0 Å². The van der Waals surface area contributed by atoms with Crippen LogP contribution in [-0.2, 0) is 12.0 Å². The Morgan fingerprint density at radius 1 is 1.20 bits per heavy atom. The molecule has 0 bridgehead atoms. The van der Waals surface area contributed by atoms with Gasteiger partial charge in [-0.15, -0.1) is 11.3 Å². The summed E-state index contributed by atoms with van der Waals surface area (Å²) in [5.41, 5.74) is 7.38. The van der Waals surface area contributed by atoms with Gasteiger partial charge in [0.15, 0.2) is 0 Å². The Morgan fingerprint density at radius 2 is 1.90 bits per heavy atom. The number of thiophene rings is 1. The second kappa shape index (κ2) is 6.53. The predicted octanol–water partition coefficient (Wildman–Crippen LogP) is 3.49. The van der Waals surface area contributed by atoms with Crippen molar-refractivity contribution in [3.63, 3.8) is 0 Å². The third-order valence-electron chi connectivity index (χ3n) is 3.84. The monoisotopic (exact) mass is 288 g/mol. The number of nitrogens with two attached hydrogens (primary N) is 1. The second-order valence-electron chi connectivity index (χ2n) is 5.83. The van der Waals surface area contributed by atoms with Crippen LogP contribution in [0.5, 0.6) is 0 Å². The van der Waals surface area contributed by atoms with Crippen LogP contribution in [0.15, 0.2) is 47.8 Å². The maximum Gasteiger partial charge on any atom is 0.0509 e. The molecule has 0 fully saturated rings. The van der Waals surface area contributed by atoms with E-state index in [1.165, 1.54) is 10.4 Å². The van der Waals surface area contributed by atoms with Crippen molar-refractivity contribution >= 4 is 11.3 Å². The summed E-state index contributed by atoms with van der Waals surface area (Å²) in [7, 11) is 2.16. The van der Waals surface area contributed by atoms with Crippen molar-refractivity contribution in [1.29, 1.82) is 0 Å². The average Bonchev–Trinajstić information content (AvgIpc) is 2.92. The average molecular weight is 288 g/mol. The Morgan fingerprint density at radius 3 is 2.50 bits per heavy atom. The third kappa shape index (κ3) is 3.92. The zero-order chi connectivity index (χ0) is 14.6. The topological polar surface area (TPSA) is 29.3 Å². The normalized spacial score (nSPS) is 16.1. The third-order valence-corrected chi connectivity index (χ3v) is 4.74. The molecule has 0 radical (unpaired) electrons. The van der Waals surface area contributed by atoms with E-state index in [-0.39, 0.29) is 5.54 Å². The maximum atomic E-state index is 6.51. The minimum absolute atomic E-state index is 0.320. The largest absolute Gasteiger partial charge is 0.321 e. The van der Waals surface area contributed by atoms with Gasteiger partial charge in [0.25, 0.3) is 0 Å². The molecule has 0 aliphatic heterocycles. The highest BCUT2D eigenvalue weighted by molar-refractivity contribution is 7.09. The number of hydrogen-bond acceptors (Lipinski definition) is 3. The van der Waals surface area contributed by atoms with Gasteiger partial charge in [0.1, 0.15) is 0 Å². The molecule has 0 spiro atoms. The number of nitrogens with zero attached hydrogens (tertiary/aromatic N) is 1. The molecule has 0 aliphatic rings. The standard InChI is InChI=1S/C17H24N2S/c1-14(12-16-10-7-11-20-16)19(3)13-17(2,18)15-8-5-4-6-9-15/h4-11,14H,12-13,18H2,1-3H3. The van der Waals surface area contributed by atoms with Crippen molar-refractivity contribution in [3.05, 3.63) is 58.3 Å². The van der Waals surface area contributed by atoms with Gasteiger partial charge >= 0.3 is 0 Å². The summed E-state index contributed by atoms with van der Waals surface area (Å²) in [5.74, 6) is 0. The van der Waals surface area contributed by atoms with Crippen LogP contribution >= 0.6 is 11.3 Å². The molecule has 2 nitrogen and oxygen atoms in total. The Hall–Kier alpha value is -1.16. The lowest BCUT2D eigenvalue weighted by atomic mass is 9.92. The zero-order valence-electron chi connectivity index (χ0n) is 12.5. The van der Waals surface area contributed by atoms with Crippen LogP contribution < -0.4 is 5.73 Å². The van der Waals surface area contributed by atoms with Gasteiger partial charge in [-0.05, 0) is 44.3 Å². The fourth-order valence-electron chi connectivity index (χ4n) is 2.46. The summed E-state index contributed by atoms with van der Waals surface area (Å²) < 4.78 is 0. The minimum Gasteiger partial charge on any atom is -0.321 e. The first kappa shape index (κ1) is 15.2. The molecule has 0 aliphatic carbocycles. The van der Waals surface area contributed by atoms with Gasteiger partial charge in [-0.1, -0.05) is 36.4 Å². The lowest BCUT2D eigenvalue weighted by molar-refractivity contribution is 0.205. The van der Waals surface area contributed by atoms with E-state index >= 15 is 0 Å². The molecule has 2 N–H and O–H groups in total. The summed E-state index contributed by atoms with van der Waals surface area (Å²) in [6.07, 6.45) is 1.08. The first-order valence-corrected chi connectivity index (χ1v) is 7.94. The molecule has 108 valence electrons. The van der Waals surface area contributed by atoms with E-state index < -0.39 is 0 Å². The van der Waals surface area contributed by atoms with Crippen LogP contribution in [0.4, 0.5) is 0 Å². The van der Waals surface area contributed by atoms with Gasteiger partial charge in [0.05, 0.1) is 5.54 Å². The molecule has 3 heteroatoms. The molecular formula is C17H24N2S. The lowest BCUT2D eigenvalue weighted by Gasteiger charge is -2.34. The number of hydrogen-bond donors (Lipinski definition) is 1. The van der Waals surface area contributed by atoms with Gasteiger partial charge in [-0.3, -0.25) is 0 Å². The van der Waals surface area contributed by atoms with E-state index in [0.29, 0.717) is 6.04 Å². The quantitative estimate of drug-likeness (QED) is 0.881. The Labute approximate surface area is 126 Å². The van der Waals surface area contributed by atoms with E-state index in [1.54, 1.807) is 0 Å². The van der Waals surface area contributed by atoms with E-state index in [4.69, 9.17) is 5.73 Å². The van der Waals surface area contributed by atoms with Gasteiger partial charge < -0.3 is 10.6 Å². The molecule has 2 rings (SSSR count). The smallest absolute Gasteiger partial charge is 0.0509 e. The highest BCUT2D eigenvalue weighted by Crippen LogP contribution is 2.20. The summed E-state index contributed by atoms with van der Waals surface area (Å²) in [6.45, 7) is 5.22. The van der Waals surface area contributed by atoms with Crippen LogP contribution in [0.3, 0.4) is 0 Å². The number of likely N-dealkylation sites (N-methyl/N-ethyl adjacent to an activating group) is 1. The van der Waals surface area contributed by atoms with Crippen LogP contribution in [0, 0.1) is 0 Å². The molecule has 1 aromatic carbocycles. The van der Waals surface area contributed by atoms with E-state index in [9.17, 15) is 0 Å². The van der Waals surface area contributed by atoms with Gasteiger partial charge in [-0.2, -0.15) is 0 Å². The lowest BCUT2D eigenvalue weighted by Crippen LogP contribution is -2.47. The van der Waals surface area contributed by atoms with E-state index in [1.807, 2.05) is 17.4 Å². The molecule has 2 aromatic rings. The predicted molar refractivity (Wildman–Crippen MR) is 88.1 cm³/mol. The second-order valence-corrected chi connectivity index (χ2v) is 6.86. The SMILES string of the molecule is CC(Cc1cccs1)N(C)CC(C)(N)c1ccccc1. The van der Waals surface area contributed by atoms with Crippen LogP contribution in [0.1, 0.15) is 24.3 Å². The molecule has 2 atom stereocenters. The maximum absolute atomic E-state index is 6.51. The molecule has 20 heavy (non-hydrogen) atoms. The van der Waals surface area contributed by atoms with Gasteiger partial charge in [0, 0.05) is 17.5 Å². The first-order chi connectivity index (χ1) is 9.49. The first-order valence-electron chi connectivity index (χ1n) is 7.06. The molecule has 1 aromatic heterocycles. The minimum atomic E-state index is -0.320. The van der Waals surface area contributed by atoms with Crippen LogP contribution in [0.2, 0.25) is 0 Å². The van der Waals surface area contributed by atoms with Gasteiger partial charge in [0.2, 0.25) is 0 Å². The summed E-state index contributed by atoms with van der Waals surface area (Å²) >= 11 is 1.83. The number of rotatable bonds is 6. The number of benzene rings is 1. The van der Waals surface area contributed by atoms with Crippen molar-refractivity contribution in [2.24, 2.45) is 5.73 Å². The van der Waals surface area contributed by atoms with Gasteiger partial charge in [-0.25, -0.2) is 0 Å². The highest BCUT2D eigenvalue weighted by Gasteiger charge is 2.25. The van der Waals surface area contributed by atoms with Crippen molar-refractivity contribution in [1.82, 2.24) is 4.90 Å². The molecule has 2 unspecified atom stereocenters. The molecule has 1 heterocycles. The summed E-state index contributed by atoms with van der Waals surface area (Å²) in [4.78, 5) is 3.79. The summed E-state index contributed by atoms with van der Waals surface area (Å²) in [5, 5.41) is 2.14. The fraction of sp³-hybridized carbons (Fsp3) is 0.412. The molecule has 0 saturated carbocycles. The van der Waals surface area contributed by atoms with Crippen molar-refractivity contribution in [3.8, 4) is 0 Å².